The van der Waals surface area contributed by atoms with Crippen LogP contribution in [-0.4, -0.2) is 33.4 Å². The van der Waals surface area contributed by atoms with Crippen LogP contribution < -0.4 is 10.1 Å². The Morgan fingerprint density at radius 3 is 2.60 bits per heavy atom. The number of hydrogen-bond acceptors (Lipinski definition) is 4. The Morgan fingerprint density at radius 2 is 2.00 bits per heavy atom. The predicted octanol–water partition coefficient (Wildman–Crippen LogP) is 2.93. The largest absolute Gasteiger partial charge is 0.482 e. The highest BCUT2D eigenvalue weighted by Crippen LogP contribution is 2.23. The highest BCUT2D eigenvalue weighted by atomic mass is 16.5. The van der Waals surface area contributed by atoms with E-state index in [1.807, 2.05) is 25.5 Å². The number of nitrogens with zero attached hydrogens (tertiary/aromatic N) is 2. The summed E-state index contributed by atoms with van der Waals surface area (Å²) in [5.74, 6) is -0.800. The molecule has 2 N–H and O–H groups in total. The van der Waals surface area contributed by atoms with E-state index >= 15 is 0 Å². The second-order valence-corrected chi connectivity index (χ2v) is 5.88. The first-order valence-electron chi connectivity index (χ1n) is 8.14. The van der Waals surface area contributed by atoms with Crippen LogP contribution in [0.4, 0.5) is 5.69 Å². The van der Waals surface area contributed by atoms with Crippen LogP contribution in [0.1, 0.15) is 40.7 Å². The molecule has 0 aliphatic heterocycles. The Bertz CT molecular complexity index is 796. The number of aliphatic carboxylic acids is 1. The predicted molar refractivity (Wildman–Crippen MR) is 94.3 cm³/mol. The molecule has 0 radical (unpaired) electrons. The third kappa shape index (κ3) is 4.37. The number of anilines is 1. The van der Waals surface area contributed by atoms with Crippen molar-refractivity contribution in [1.82, 2.24) is 9.78 Å². The number of nitrogens with one attached hydrogen (secondary N) is 1. The van der Waals surface area contributed by atoms with Gasteiger partial charge in [-0.05, 0) is 51.0 Å². The number of hydrogen-bond donors (Lipinski definition) is 2. The van der Waals surface area contributed by atoms with Gasteiger partial charge in [-0.3, -0.25) is 9.48 Å². The lowest BCUT2D eigenvalue weighted by atomic mass is 10.1. The number of benzene rings is 1. The van der Waals surface area contributed by atoms with Gasteiger partial charge < -0.3 is 15.2 Å². The summed E-state index contributed by atoms with van der Waals surface area (Å²) in [4.78, 5) is 23.2. The first kappa shape index (κ1) is 18.5. The summed E-state index contributed by atoms with van der Waals surface area (Å²) in [5.41, 5.74) is 3.56. The third-order valence-corrected chi connectivity index (χ3v) is 3.85. The molecule has 1 heterocycles. The molecule has 0 saturated heterocycles. The van der Waals surface area contributed by atoms with Crippen molar-refractivity contribution in [3.63, 3.8) is 0 Å². The molecule has 1 aromatic heterocycles. The van der Waals surface area contributed by atoms with E-state index in [1.165, 1.54) is 0 Å². The molecule has 0 unspecified atom stereocenters. The molecule has 134 valence electrons. The molecule has 0 atom stereocenters. The monoisotopic (exact) mass is 345 g/mol. The first-order chi connectivity index (χ1) is 11.8. The molecule has 0 aliphatic carbocycles. The maximum atomic E-state index is 12.7. The summed E-state index contributed by atoms with van der Waals surface area (Å²) in [5, 5.41) is 16.0. The molecule has 2 aromatic rings. The zero-order chi connectivity index (χ0) is 18.6. The van der Waals surface area contributed by atoms with Crippen LogP contribution in [0, 0.1) is 20.8 Å². The van der Waals surface area contributed by atoms with Gasteiger partial charge in [0.2, 0.25) is 0 Å². The van der Waals surface area contributed by atoms with Crippen molar-refractivity contribution in [3.05, 3.63) is 40.7 Å². The van der Waals surface area contributed by atoms with Gasteiger partial charge in [0.05, 0.1) is 11.3 Å². The van der Waals surface area contributed by atoms with Crippen molar-refractivity contribution in [1.29, 1.82) is 0 Å². The van der Waals surface area contributed by atoms with Crippen molar-refractivity contribution in [2.75, 3.05) is 11.9 Å². The Balaban J connectivity index is 2.17. The second kappa shape index (κ2) is 7.83. The van der Waals surface area contributed by atoms with E-state index in [4.69, 9.17) is 9.84 Å². The number of rotatable bonds is 7. The van der Waals surface area contributed by atoms with E-state index in [-0.39, 0.29) is 5.91 Å². The standard InChI is InChI=1S/C18H23N3O4/c1-5-8-21-13(4)17(12(3)20-21)18(24)19-15-7-6-14(9-11(15)2)25-10-16(22)23/h6-7,9H,5,8,10H2,1-4H3,(H,19,24)(H,22,23). The molecule has 1 aromatic carbocycles. The summed E-state index contributed by atoms with van der Waals surface area (Å²) < 4.78 is 6.98. The molecule has 0 fully saturated rings. The van der Waals surface area contributed by atoms with Crippen molar-refractivity contribution in [2.24, 2.45) is 0 Å². The van der Waals surface area contributed by atoms with Gasteiger partial charge in [0, 0.05) is 17.9 Å². The number of carbonyl (C=O) groups is 2. The molecule has 0 spiro atoms. The molecule has 25 heavy (non-hydrogen) atoms. The lowest BCUT2D eigenvalue weighted by molar-refractivity contribution is -0.139. The minimum atomic E-state index is -1.04. The number of amides is 1. The topological polar surface area (TPSA) is 93.5 Å². The fraction of sp³-hybridized carbons (Fsp3) is 0.389. The van der Waals surface area contributed by atoms with Crippen LogP contribution in [0.5, 0.6) is 5.75 Å². The number of carboxylic acids is 1. The van der Waals surface area contributed by atoms with E-state index in [2.05, 4.69) is 17.3 Å². The SMILES string of the molecule is CCCn1nc(C)c(C(=O)Nc2ccc(OCC(=O)O)cc2C)c1C. The van der Waals surface area contributed by atoms with Crippen LogP contribution in [0.15, 0.2) is 18.2 Å². The van der Waals surface area contributed by atoms with Crippen LogP contribution in [0.25, 0.3) is 0 Å². The number of carboxylic acid groups (broad SMARTS) is 1. The summed E-state index contributed by atoms with van der Waals surface area (Å²) in [7, 11) is 0. The average Bonchev–Trinajstić information content (AvgIpc) is 2.82. The van der Waals surface area contributed by atoms with Gasteiger partial charge in [0.25, 0.3) is 5.91 Å². The Hall–Kier alpha value is -2.83. The number of carbonyl (C=O) groups excluding carboxylic acids is 1. The molecular weight excluding hydrogens is 322 g/mol. The van der Waals surface area contributed by atoms with Gasteiger partial charge in [-0.1, -0.05) is 6.92 Å². The van der Waals surface area contributed by atoms with Crippen molar-refractivity contribution in [3.8, 4) is 5.75 Å². The summed E-state index contributed by atoms with van der Waals surface area (Å²) in [6.45, 7) is 7.97. The number of ether oxygens (including phenoxy) is 1. The second-order valence-electron chi connectivity index (χ2n) is 5.88. The zero-order valence-corrected chi connectivity index (χ0v) is 14.9. The molecule has 0 saturated carbocycles. The van der Waals surface area contributed by atoms with E-state index in [9.17, 15) is 9.59 Å². The molecule has 0 bridgehead atoms. The smallest absolute Gasteiger partial charge is 0.341 e. The molecule has 2 rings (SSSR count). The molecule has 1 amide bonds. The first-order valence-corrected chi connectivity index (χ1v) is 8.14. The van der Waals surface area contributed by atoms with Gasteiger partial charge in [0.1, 0.15) is 5.75 Å². The van der Waals surface area contributed by atoms with E-state index < -0.39 is 12.6 Å². The van der Waals surface area contributed by atoms with Crippen molar-refractivity contribution >= 4 is 17.6 Å². The van der Waals surface area contributed by atoms with Gasteiger partial charge in [0.15, 0.2) is 6.61 Å². The van der Waals surface area contributed by atoms with E-state index in [1.54, 1.807) is 18.2 Å². The van der Waals surface area contributed by atoms with Crippen LogP contribution >= 0.6 is 0 Å². The van der Waals surface area contributed by atoms with E-state index in [0.717, 1.165) is 24.2 Å². The minimum absolute atomic E-state index is 0.209. The lowest BCUT2D eigenvalue weighted by Gasteiger charge is -2.11. The number of aromatic nitrogens is 2. The fourth-order valence-electron chi connectivity index (χ4n) is 2.65. The molecule has 0 aliphatic rings. The Kier molecular flexibility index (Phi) is 5.80. The Labute approximate surface area is 146 Å². The van der Waals surface area contributed by atoms with Crippen molar-refractivity contribution < 1.29 is 19.4 Å². The molecule has 7 heteroatoms. The quantitative estimate of drug-likeness (QED) is 0.805. The summed E-state index contributed by atoms with van der Waals surface area (Å²) in [6.07, 6.45) is 0.944. The molecular formula is C18H23N3O4. The van der Waals surface area contributed by atoms with Crippen molar-refractivity contribution in [2.45, 2.75) is 40.7 Å². The van der Waals surface area contributed by atoms with Gasteiger partial charge in [-0.2, -0.15) is 5.10 Å². The zero-order valence-electron chi connectivity index (χ0n) is 14.9. The maximum absolute atomic E-state index is 12.7. The highest BCUT2D eigenvalue weighted by molar-refractivity contribution is 6.06. The van der Waals surface area contributed by atoms with E-state index in [0.29, 0.717) is 22.7 Å². The minimum Gasteiger partial charge on any atom is -0.482 e. The highest BCUT2D eigenvalue weighted by Gasteiger charge is 2.19. The summed E-state index contributed by atoms with van der Waals surface area (Å²) >= 11 is 0. The number of aryl methyl sites for hydroxylation is 3. The summed E-state index contributed by atoms with van der Waals surface area (Å²) in [6, 6.07) is 5.02. The van der Waals surface area contributed by atoms with Gasteiger partial charge >= 0.3 is 5.97 Å². The van der Waals surface area contributed by atoms with Gasteiger partial charge in [-0.25, -0.2) is 4.79 Å². The van der Waals surface area contributed by atoms with Crippen LogP contribution in [-0.2, 0) is 11.3 Å². The van der Waals surface area contributed by atoms with Crippen LogP contribution in [0.2, 0.25) is 0 Å². The average molecular weight is 345 g/mol. The molecule has 7 nitrogen and oxygen atoms in total. The normalized spacial score (nSPS) is 10.6. The van der Waals surface area contributed by atoms with Crippen LogP contribution in [0.3, 0.4) is 0 Å². The third-order valence-electron chi connectivity index (χ3n) is 3.85. The Morgan fingerprint density at radius 1 is 1.28 bits per heavy atom. The van der Waals surface area contributed by atoms with Gasteiger partial charge in [-0.15, -0.1) is 0 Å². The lowest BCUT2D eigenvalue weighted by Crippen LogP contribution is -2.15. The maximum Gasteiger partial charge on any atom is 0.341 e. The fourth-order valence-corrected chi connectivity index (χ4v) is 2.65.